The van der Waals surface area contributed by atoms with Crippen LogP contribution in [0.4, 0.5) is 0 Å². The molecule has 0 fully saturated rings. The third-order valence-electron chi connectivity index (χ3n) is 2.58. The van der Waals surface area contributed by atoms with E-state index in [1.165, 1.54) is 0 Å². The van der Waals surface area contributed by atoms with Crippen LogP contribution in [0, 0.1) is 0 Å². The zero-order valence-electron chi connectivity index (χ0n) is 9.25. The van der Waals surface area contributed by atoms with Gasteiger partial charge in [0.05, 0.1) is 0 Å². The molecule has 0 spiro atoms. The van der Waals surface area contributed by atoms with Crippen LogP contribution in [0.2, 0.25) is 0 Å². The molecule has 0 aliphatic carbocycles. The van der Waals surface area contributed by atoms with Gasteiger partial charge in [-0.05, 0) is 18.2 Å². The summed E-state index contributed by atoms with van der Waals surface area (Å²) in [4.78, 5) is 14.9. The van der Waals surface area contributed by atoms with Crippen molar-refractivity contribution in [1.82, 2.24) is 4.98 Å². The number of oxazole rings is 1. The van der Waals surface area contributed by atoms with Crippen LogP contribution in [0.1, 0.15) is 10.6 Å². The number of carbonyl (C=O) groups is 1. The Morgan fingerprint density at radius 2 is 2.00 bits per heavy atom. The lowest BCUT2D eigenvalue weighted by molar-refractivity contribution is 0.0663. The van der Waals surface area contributed by atoms with Crippen LogP contribution in [-0.4, -0.2) is 29.3 Å². The van der Waals surface area contributed by atoms with Crippen molar-refractivity contribution in [2.24, 2.45) is 0 Å². The van der Waals surface area contributed by atoms with E-state index in [1.807, 2.05) is 0 Å². The fraction of sp³-hybridized carbons (Fsp3) is 0.167. The number of hydrogen-bond donors (Lipinski definition) is 1. The van der Waals surface area contributed by atoms with Crippen LogP contribution < -0.4 is 9.47 Å². The number of hydrogen-bond acceptors (Lipinski definition) is 5. The first-order valence-corrected chi connectivity index (χ1v) is 5.32. The minimum Gasteiger partial charge on any atom is -0.486 e. The van der Waals surface area contributed by atoms with Crippen molar-refractivity contribution in [2.75, 3.05) is 13.2 Å². The summed E-state index contributed by atoms with van der Waals surface area (Å²) < 4.78 is 15.7. The molecule has 1 aromatic heterocycles. The maximum Gasteiger partial charge on any atom is 0.374 e. The number of aromatic nitrogens is 1. The maximum absolute atomic E-state index is 11.0. The first-order chi connectivity index (χ1) is 8.75. The SMILES string of the molecule is O=C(O)c1ocnc1-c1ccc2c(c1)OCCO2. The number of rotatable bonds is 2. The van der Waals surface area contributed by atoms with E-state index in [-0.39, 0.29) is 11.5 Å². The second-order valence-corrected chi connectivity index (χ2v) is 3.69. The van der Waals surface area contributed by atoms with Gasteiger partial charge in [-0.3, -0.25) is 0 Å². The molecule has 0 radical (unpaired) electrons. The Morgan fingerprint density at radius 3 is 2.78 bits per heavy atom. The Balaban J connectivity index is 2.06. The lowest BCUT2D eigenvalue weighted by Crippen LogP contribution is -2.15. The van der Waals surface area contributed by atoms with Crippen LogP contribution in [0.5, 0.6) is 11.5 Å². The van der Waals surface area contributed by atoms with Crippen molar-refractivity contribution in [2.45, 2.75) is 0 Å². The average molecular weight is 247 g/mol. The van der Waals surface area contributed by atoms with E-state index in [4.69, 9.17) is 19.0 Å². The summed E-state index contributed by atoms with van der Waals surface area (Å²) in [5.74, 6) is -0.118. The molecule has 0 amide bonds. The molecule has 0 bridgehead atoms. The molecule has 1 aliphatic heterocycles. The van der Waals surface area contributed by atoms with E-state index >= 15 is 0 Å². The fourth-order valence-corrected chi connectivity index (χ4v) is 1.79. The van der Waals surface area contributed by atoms with Gasteiger partial charge in [-0.25, -0.2) is 9.78 Å². The number of nitrogens with zero attached hydrogens (tertiary/aromatic N) is 1. The van der Waals surface area contributed by atoms with Crippen molar-refractivity contribution in [3.63, 3.8) is 0 Å². The third kappa shape index (κ3) is 1.67. The summed E-state index contributed by atoms with van der Waals surface area (Å²) in [6.07, 6.45) is 1.11. The number of aromatic carboxylic acids is 1. The molecule has 2 heterocycles. The molecule has 1 aromatic carbocycles. The number of carboxylic acid groups (broad SMARTS) is 1. The van der Waals surface area contributed by atoms with Crippen molar-refractivity contribution in [3.8, 4) is 22.8 Å². The average Bonchev–Trinajstić information content (AvgIpc) is 2.87. The molecule has 0 unspecified atom stereocenters. The van der Waals surface area contributed by atoms with Gasteiger partial charge in [0, 0.05) is 5.56 Å². The molecule has 0 atom stereocenters. The molecule has 6 nitrogen and oxygen atoms in total. The van der Waals surface area contributed by atoms with Crippen LogP contribution in [-0.2, 0) is 0 Å². The highest BCUT2D eigenvalue weighted by Crippen LogP contribution is 2.34. The van der Waals surface area contributed by atoms with Crippen molar-refractivity contribution in [1.29, 1.82) is 0 Å². The van der Waals surface area contributed by atoms with Gasteiger partial charge in [0.2, 0.25) is 5.76 Å². The molecule has 2 aromatic rings. The second-order valence-electron chi connectivity index (χ2n) is 3.69. The summed E-state index contributed by atoms with van der Waals surface area (Å²) in [6, 6.07) is 5.14. The van der Waals surface area contributed by atoms with Gasteiger partial charge in [0.15, 0.2) is 17.9 Å². The van der Waals surface area contributed by atoms with Crippen molar-refractivity contribution in [3.05, 3.63) is 30.4 Å². The maximum atomic E-state index is 11.0. The zero-order valence-corrected chi connectivity index (χ0v) is 9.25. The summed E-state index contributed by atoms with van der Waals surface area (Å²) in [6.45, 7) is 0.984. The van der Waals surface area contributed by atoms with Gasteiger partial charge in [-0.1, -0.05) is 0 Å². The molecule has 3 rings (SSSR count). The molecule has 92 valence electrons. The summed E-state index contributed by atoms with van der Waals surface area (Å²) in [7, 11) is 0. The first kappa shape index (κ1) is 10.6. The van der Waals surface area contributed by atoms with Crippen LogP contribution >= 0.6 is 0 Å². The topological polar surface area (TPSA) is 81.8 Å². The van der Waals surface area contributed by atoms with Gasteiger partial charge in [0.25, 0.3) is 0 Å². The molecule has 18 heavy (non-hydrogen) atoms. The molecule has 0 saturated carbocycles. The van der Waals surface area contributed by atoms with Gasteiger partial charge in [-0.15, -0.1) is 0 Å². The normalized spacial score (nSPS) is 13.3. The second kappa shape index (κ2) is 4.06. The predicted octanol–water partition coefficient (Wildman–Crippen LogP) is 1.81. The number of ether oxygens (including phenoxy) is 2. The lowest BCUT2D eigenvalue weighted by atomic mass is 10.1. The zero-order chi connectivity index (χ0) is 12.5. The number of benzene rings is 1. The van der Waals surface area contributed by atoms with Gasteiger partial charge >= 0.3 is 5.97 Å². The van der Waals surface area contributed by atoms with Gasteiger partial charge < -0.3 is 19.0 Å². The highest BCUT2D eigenvalue weighted by atomic mass is 16.6. The molecule has 6 heteroatoms. The van der Waals surface area contributed by atoms with E-state index in [1.54, 1.807) is 18.2 Å². The van der Waals surface area contributed by atoms with Crippen molar-refractivity contribution >= 4 is 5.97 Å². The highest BCUT2D eigenvalue weighted by molar-refractivity contribution is 5.91. The summed E-state index contributed by atoms with van der Waals surface area (Å²) in [5, 5.41) is 8.96. The summed E-state index contributed by atoms with van der Waals surface area (Å²) >= 11 is 0. The Labute approximate surface area is 102 Å². The largest absolute Gasteiger partial charge is 0.486 e. The fourth-order valence-electron chi connectivity index (χ4n) is 1.79. The quantitative estimate of drug-likeness (QED) is 0.871. The van der Waals surface area contributed by atoms with E-state index in [0.29, 0.717) is 30.3 Å². The van der Waals surface area contributed by atoms with E-state index in [9.17, 15) is 4.79 Å². The third-order valence-corrected chi connectivity index (χ3v) is 2.58. The van der Waals surface area contributed by atoms with E-state index in [0.717, 1.165) is 6.39 Å². The van der Waals surface area contributed by atoms with Gasteiger partial charge in [0.1, 0.15) is 18.9 Å². The predicted molar refractivity (Wildman–Crippen MR) is 59.9 cm³/mol. The van der Waals surface area contributed by atoms with Crippen LogP contribution in [0.3, 0.4) is 0 Å². The molecule has 1 aliphatic rings. The minimum atomic E-state index is -1.16. The Hall–Kier alpha value is -2.50. The Bertz CT molecular complexity index is 604. The van der Waals surface area contributed by atoms with Crippen molar-refractivity contribution < 1.29 is 23.8 Å². The monoisotopic (exact) mass is 247 g/mol. The molecule has 0 saturated heterocycles. The highest BCUT2D eigenvalue weighted by Gasteiger charge is 2.19. The molecular formula is C12H9NO5. The smallest absolute Gasteiger partial charge is 0.374 e. The van der Waals surface area contributed by atoms with E-state index in [2.05, 4.69) is 4.98 Å². The van der Waals surface area contributed by atoms with Gasteiger partial charge in [-0.2, -0.15) is 0 Å². The number of fused-ring (bicyclic) bond motifs is 1. The molecule has 1 N–H and O–H groups in total. The minimum absolute atomic E-state index is 0.188. The van der Waals surface area contributed by atoms with E-state index < -0.39 is 5.97 Å². The standard InChI is InChI=1S/C12H9NO5/c14-12(15)11-10(13-6-18-11)7-1-2-8-9(5-7)17-4-3-16-8/h1-2,5-6H,3-4H2,(H,14,15). The Morgan fingerprint density at radius 1 is 1.22 bits per heavy atom. The van der Waals surface area contributed by atoms with Crippen LogP contribution in [0.25, 0.3) is 11.3 Å². The molecular weight excluding hydrogens is 238 g/mol. The first-order valence-electron chi connectivity index (χ1n) is 5.32. The summed E-state index contributed by atoms with van der Waals surface area (Å²) in [5.41, 5.74) is 0.893. The van der Waals surface area contributed by atoms with Crippen LogP contribution in [0.15, 0.2) is 29.0 Å². The number of carboxylic acids is 1. The lowest BCUT2D eigenvalue weighted by Gasteiger charge is -2.18. The Kier molecular flexibility index (Phi) is 2.40.